The zero-order valence-electron chi connectivity index (χ0n) is 16.6. The number of hydrogen-bond donors (Lipinski definition) is 0. The lowest BCUT2D eigenvalue weighted by atomic mass is 9.89. The van der Waals surface area contributed by atoms with Gasteiger partial charge in [-0.15, -0.1) is 0 Å². The second-order valence-corrected chi connectivity index (χ2v) is 7.98. The highest BCUT2D eigenvalue weighted by Gasteiger charge is 2.10. The first-order valence-corrected chi connectivity index (χ1v) is 9.69. The van der Waals surface area contributed by atoms with Gasteiger partial charge in [-0.05, 0) is 72.3 Å². The van der Waals surface area contributed by atoms with Crippen LogP contribution < -0.4 is 4.74 Å². The Balaban J connectivity index is 1.90. The second kappa shape index (κ2) is 9.65. The highest BCUT2D eigenvalue weighted by Crippen LogP contribution is 2.25. The summed E-state index contributed by atoms with van der Waals surface area (Å²) in [7, 11) is 1.73. The molecule has 1 heteroatoms. The van der Waals surface area contributed by atoms with E-state index in [9.17, 15) is 0 Å². The van der Waals surface area contributed by atoms with Crippen molar-refractivity contribution in [1.29, 1.82) is 0 Å². The third kappa shape index (κ3) is 6.57. The number of benzene rings is 2. The maximum absolute atomic E-state index is 5.32. The van der Waals surface area contributed by atoms with Gasteiger partial charge in [-0.2, -0.15) is 0 Å². The molecule has 0 saturated heterocycles. The van der Waals surface area contributed by atoms with Crippen molar-refractivity contribution in [3.05, 3.63) is 65.2 Å². The standard InChI is InChI=1S/C24H34O/c1-18(2)14-20(4)23-10-6-9-22(16-23)15-19(3)12-13-21-8-7-11-24(17-21)25-5/h6-11,16-20H,12-15H2,1-5H3. The molecule has 2 unspecified atom stereocenters. The minimum atomic E-state index is 0.645. The molecule has 2 atom stereocenters. The Morgan fingerprint density at radius 1 is 0.880 bits per heavy atom. The van der Waals surface area contributed by atoms with Gasteiger partial charge in [0.1, 0.15) is 5.75 Å². The molecule has 0 heterocycles. The Bertz CT molecular complexity index is 644. The maximum Gasteiger partial charge on any atom is 0.119 e. The molecule has 0 aliphatic rings. The smallest absolute Gasteiger partial charge is 0.119 e. The van der Waals surface area contributed by atoms with E-state index in [0.29, 0.717) is 11.8 Å². The number of methoxy groups -OCH3 is 1. The molecule has 2 aromatic carbocycles. The molecule has 0 amide bonds. The molecule has 25 heavy (non-hydrogen) atoms. The second-order valence-electron chi connectivity index (χ2n) is 7.98. The Morgan fingerprint density at radius 3 is 2.32 bits per heavy atom. The fraction of sp³-hybridized carbons (Fsp3) is 0.500. The Hall–Kier alpha value is -1.76. The molecule has 1 nitrogen and oxygen atoms in total. The summed E-state index contributed by atoms with van der Waals surface area (Å²) in [5.74, 6) is 3.03. The van der Waals surface area contributed by atoms with Gasteiger partial charge in [0.2, 0.25) is 0 Å². The van der Waals surface area contributed by atoms with Gasteiger partial charge >= 0.3 is 0 Å². The van der Waals surface area contributed by atoms with E-state index in [4.69, 9.17) is 4.74 Å². The number of aryl methyl sites for hydroxylation is 1. The van der Waals surface area contributed by atoms with Gasteiger partial charge in [0, 0.05) is 0 Å². The quantitative estimate of drug-likeness (QED) is 0.497. The molecule has 0 fully saturated rings. The number of hydrogen-bond acceptors (Lipinski definition) is 1. The van der Waals surface area contributed by atoms with Crippen LogP contribution in [0.15, 0.2) is 48.5 Å². The zero-order chi connectivity index (χ0) is 18.2. The van der Waals surface area contributed by atoms with Crippen LogP contribution in [0.5, 0.6) is 5.75 Å². The molecule has 2 aromatic rings. The molecule has 0 N–H and O–H groups in total. The lowest BCUT2D eigenvalue weighted by Gasteiger charge is -2.17. The van der Waals surface area contributed by atoms with Gasteiger partial charge in [-0.25, -0.2) is 0 Å². The molecular formula is C24H34O. The van der Waals surface area contributed by atoms with Gasteiger partial charge < -0.3 is 4.74 Å². The van der Waals surface area contributed by atoms with Crippen LogP contribution in [0.2, 0.25) is 0 Å². The van der Waals surface area contributed by atoms with Crippen molar-refractivity contribution in [1.82, 2.24) is 0 Å². The first-order valence-electron chi connectivity index (χ1n) is 9.69. The Morgan fingerprint density at radius 2 is 1.60 bits per heavy atom. The van der Waals surface area contributed by atoms with E-state index in [-0.39, 0.29) is 0 Å². The van der Waals surface area contributed by atoms with E-state index >= 15 is 0 Å². The molecule has 136 valence electrons. The van der Waals surface area contributed by atoms with Gasteiger partial charge in [0.25, 0.3) is 0 Å². The van der Waals surface area contributed by atoms with Crippen molar-refractivity contribution < 1.29 is 4.74 Å². The minimum Gasteiger partial charge on any atom is -0.497 e. The predicted octanol–water partition coefficient (Wildman–Crippen LogP) is 6.66. The summed E-state index contributed by atoms with van der Waals surface area (Å²) >= 11 is 0. The number of ether oxygens (including phenoxy) is 1. The van der Waals surface area contributed by atoms with Crippen molar-refractivity contribution in [2.24, 2.45) is 11.8 Å². The summed E-state index contributed by atoms with van der Waals surface area (Å²) < 4.78 is 5.32. The summed E-state index contributed by atoms with van der Waals surface area (Å²) in [5.41, 5.74) is 4.34. The number of rotatable bonds is 9. The van der Waals surface area contributed by atoms with Gasteiger partial charge in [0.15, 0.2) is 0 Å². The molecule has 0 spiro atoms. The van der Waals surface area contributed by atoms with Crippen molar-refractivity contribution in [2.75, 3.05) is 7.11 Å². The summed E-state index contributed by atoms with van der Waals surface area (Å²) in [4.78, 5) is 0. The lowest BCUT2D eigenvalue weighted by Crippen LogP contribution is -2.04. The molecule has 0 bridgehead atoms. The van der Waals surface area contributed by atoms with E-state index in [0.717, 1.165) is 24.5 Å². The van der Waals surface area contributed by atoms with E-state index in [1.807, 2.05) is 6.07 Å². The molecule has 0 aliphatic heterocycles. The summed E-state index contributed by atoms with van der Waals surface area (Å²) in [6.45, 7) is 9.33. The summed E-state index contributed by atoms with van der Waals surface area (Å²) in [5, 5.41) is 0. The zero-order valence-corrected chi connectivity index (χ0v) is 16.6. The third-order valence-electron chi connectivity index (χ3n) is 4.99. The molecule has 0 saturated carbocycles. The van der Waals surface area contributed by atoms with Crippen molar-refractivity contribution in [3.8, 4) is 5.75 Å². The monoisotopic (exact) mass is 338 g/mol. The van der Waals surface area contributed by atoms with E-state index in [1.54, 1.807) is 7.11 Å². The topological polar surface area (TPSA) is 9.23 Å². The molecule has 0 aliphatic carbocycles. The van der Waals surface area contributed by atoms with Crippen LogP contribution in [-0.2, 0) is 12.8 Å². The van der Waals surface area contributed by atoms with E-state index in [2.05, 4.69) is 70.2 Å². The van der Waals surface area contributed by atoms with Crippen molar-refractivity contribution >= 4 is 0 Å². The predicted molar refractivity (Wildman–Crippen MR) is 108 cm³/mol. The average Bonchev–Trinajstić information content (AvgIpc) is 2.60. The molecule has 0 radical (unpaired) electrons. The highest BCUT2D eigenvalue weighted by molar-refractivity contribution is 5.29. The normalized spacial score (nSPS) is 13.7. The highest BCUT2D eigenvalue weighted by atomic mass is 16.5. The van der Waals surface area contributed by atoms with Crippen LogP contribution in [0.3, 0.4) is 0 Å². The van der Waals surface area contributed by atoms with Crippen LogP contribution in [-0.4, -0.2) is 7.11 Å². The molecule has 0 aromatic heterocycles. The van der Waals surface area contributed by atoms with Crippen LogP contribution in [0.25, 0.3) is 0 Å². The molecular weight excluding hydrogens is 304 g/mol. The summed E-state index contributed by atoms with van der Waals surface area (Å²) in [6, 6.07) is 17.7. The van der Waals surface area contributed by atoms with Crippen LogP contribution in [0, 0.1) is 11.8 Å². The summed E-state index contributed by atoms with van der Waals surface area (Å²) in [6.07, 6.45) is 4.74. The molecule has 2 rings (SSSR count). The first-order chi connectivity index (χ1) is 12.0. The first kappa shape index (κ1) is 19.6. The largest absolute Gasteiger partial charge is 0.497 e. The van der Waals surface area contributed by atoms with Crippen molar-refractivity contribution in [3.63, 3.8) is 0 Å². The Kier molecular flexibility index (Phi) is 7.55. The average molecular weight is 339 g/mol. The maximum atomic E-state index is 5.32. The minimum absolute atomic E-state index is 0.645. The van der Waals surface area contributed by atoms with Gasteiger partial charge in [0.05, 0.1) is 7.11 Å². The lowest BCUT2D eigenvalue weighted by molar-refractivity contribution is 0.414. The van der Waals surface area contributed by atoms with Crippen molar-refractivity contribution in [2.45, 2.75) is 59.3 Å². The SMILES string of the molecule is COc1cccc(CCC(C)Cc2cccc(C(C)CC(C)C)c2)c1. The third-order valence-corrected chi connectivity index (χ3v) is 4.99. The van der Waals surface area contributed by atoms with Crippen LogP contribution in [0.4, 0.5) is 0 Å². The van der Waals surface area contributed by atoms with E-state index in [1.165, 1.54) is 29.5 Å². The van der Waals surface area contributed by atoms with Gasteiger partial charge in [-0.3, -0.25) is 0 Å². The van der Waals surface area contributed by atoms with Crippen LogP contribution in [0.1, 0.15) is 63.1 Å². The van der Waals surface area contributed by atoms with Gasteiger partial charge in [-0.1, -0.05) is 64.1 Å². The fourth-order valence-corrected chi connectivity index (χ4v) is 3.62. The van der Waals surface area contributed by atoms with E-state index < -0.39 is 0 Å². The fourth-order valence-electron chi connectivity index (χ4n) is 3.62. The Labute approximate surface area is 154 Å². The van der Waals surface area contributed by atoms with Crippen LogP contribution >= 0.6 is 0 Å².